The van der Waals surface area contributed by atoms with Gasteiger partial charge in [0.15, 0.2) is 0 Å². The van der Waals surface area contributed by atoms with Crippen LogP contribution < -0.4 is 5.32 Å². The van der Waals surface area contributed by atoms with E-state index in [2.05, 4.69) is 10.1 Å². The van der Waals surface area contributed by atoms with E-state index in [4.69, 9.17) is 0 Å². The molecule has 1 heterocycles. The molecule has 0 saturated carbocycles. The van der Waals surface area contributed by atoms with Gasteiger partial charge in [-0.25, -0.2) is 4.79 Å². The highest BCUT2D eigenvalue weighted by molar-refractivity contribution is 8.00. The highest BCUT2D eigenvalue weighted by Crippen LogP contribution is 2.26. The molecule has 102 valence electrons. The normalized spacial score (nSPS) is 18.7. The minimum Gasteiger partial charge on any atom is -0.465 e. The highest BCUT2D eigenvalue weighted by Gasteiger charge is 2.21. The van der Waals surface area contributed by atoms with Gasteiger partial charge < -0.3 is 10.1 Å². The molecule has 1 N–H and O–H groups in total. The molecule has 2 rings (SSSR count). The molecule has 1 atom stereocenters. The monoisotopic (exact) mass is 279 g/mol. The van der Waals surface area contributed by atoms with Gasteiger partial charge in [-0.1, -0.05) is 6.42 Å². The molecule has 0 bridgehead atoms. The number of nitrogens with one attached hydrogen (secondary N) is 1. The molecule has 5 heteroatoms. The van der Waals surface area contributed by atoms with Crippen LogP contribution in [0.5, 0.6) is 0 Å². The Balaban J connectivity index is 1.95. The summed E-state index contributed by atoms with van der Waals surface area (Å²) in [6.07, 6.45) is 3.26. The van der Waals surface area contributed by atoms with Crippen molar-refractivity contribution >= 4 is 29.3 Å². The summed E-state index contributed by atoms with van der Waals surface area (Å²) in [5, 5.41) is 2.93. The van der Waals surface area contributed by atoms with Crippen LogP contribution in [-0.4, -0.2) is 30.0 Å². The summed E-state index contributed by atoms with van der Waals surface area (Å²) in [4.78, 5) is 23.3. The van der Waals surface area contributed by atoms with Crippen molar-refractivity contribution in [1.29, 1.82) is 0 Å². The molecule has 1 unspecified atom stereocenters. The van der Waals surface area contributed by atoms with E-state index in [1.807, 2.05) is 0 Å². The van der Waals surface area contributed by atoms with E-state index in [0.29, 0.717) is 11.3 Å². The van der Waals surface area contributed by atoms with Crippen molar-refractivity contribution in [1.82, 2.24) is 0 Å². The van der Waals surface area contributed by atoms with Gasteiger partial charge in [0.1, 0.15) is 0 Å². The Hall–Kier alpha value is -1.49. The third-order valence-electron chi connectivity index (χ3n) is 3.05. The number of methoxy groups -OCH3 is 1. The zero-order valence-corrected chi connectivity index (χ0v) is 11.7. The fraction of sp³-hybridized carbons (Fsp3) is 0.429. The number of amides is 1. The average Bonchev–Trinajstić information content (AvgIpc) is 2.48. The molecule has 0 aliphatic carbocycles. The third-order valence-corrected chi connectivity index (χ3v) is 4.42. The Bertz CT molecular complexity index is 452. The Morgan fingerprint density at radius 2 is 2.00 bits per heavy atom. The minimum atomic E-state index is -0.374. The average molecular weight is 279 g/mol. The molecule has 1 saturated heterocycles. The molecular formula is C14H17NO3S. The number of carbonyl (C=O) groups excluding carboxylic acids is 2. The number of benzene rings is 1. The molecule has 1 fully saturated rings. The zero-order chi connectivity index (χ0) is 13.7. The number of ether oxygens (including phenoxy) is 1. The maximum Gasteiger partial charge on any atom is 0.337 e. The van der Waals surface area contributed by atoms with E-state index in [-0.39, 0.29) is 17.1 Å². The number of rotatable bonds is 3. The maximum absolute atomic E-state index is 12.0. The Kier molecular flexibility index (Phi) is 4.85. The van der Waals surface area contributed by atoms with E-state index in [0.717, 1.165) is 18.6 Å². The minimum absolute atomic E-state index is 0.0500. The lowest BCUT2D eigenvalue weighted by atomic mass is 10.1. The van der Waals surface area contributed by atoms with Crippen LogP contribution in [0.15, 0.2) is 24.3 Å². The quantitative estimate of drug-likeness (QED) is 0.864. The Morgan fingerprint density at radius 3 is 2.58 bits per heavy atom. The van der Waals surface area contributed by atoms with Crippen molar-refractivity contribution in [3.63, 3.8) is 0 Å². The van der Waals surface area contributed by atoms with E-state index in [1.54, 1.807) is 36.0 Å². The molecule has 4 nitrogen and oxygen atoms in total. The first-order chi connectivity index (χ1) is 9.20. The number of hydrogen-bond donors (Lipinski definition) is 1. The first kappa shape index (κ1) is 13.9. The van der Waals surface area contributed by atoms with Crippen LogP contribution in [0.2, 0.25) is 0 Å². The molecule has 19 heavy (non-hydrogen) atoms. The van der Waals surface area contributed by atoms with Crippen LogP contribution in [0.3, 0.4) is 0 Å². The second kappa shape index (κ2) is 6.61. The summed E-state index contributed by atoms with van der Waals surface area (Å²) in [7, 11) is 1.35. The molecule has 0 aromatic heterocycles. The second-order valence-electron chi connectivity index (χ2n) is 4.41. The van der Waals surface area contributed by atoms with Crippen molar-refractivity contribution in [2.75, 3.05) is 18.2 Å². The van der Waals surface area contributed by atoms with Gasteiger partial charge in [0.05, 0.1) is 17.9 Å². The smallest absolute Gasteiger partial charge is 0.337 e. The van der Waals surface area contributed by atoms with E-state index < -0.39 is 0 Å². The van der Waals surface area contributed by atoms with Gasteiger partial charge in [0.25, 0.3) is 0 Å². The summed E-state index contributed by atoms with van der Waals surface area (Å²) in [6.45, 7) is 0. The predicted octanol–water partition coefficient (Wildman–Crippen LogP) is 2.70. The zero-order valence-electron chi connectivity index (χ0n) is 10.8. The first-order valence-corrected chi connectivity index (χ1v) is 7.36. The molecule has 1 amide bonds. The van der Waals surface area contributed by atoms with Gasteiger partial charge in [-0.2, -0.15) is 0 Å². The topological polar surface area (TPSA) is 55.4 Å². The van der Waals surface area contributed by atoms with Crippen molar-refractivity contribution in [3.8, 4) is 0 Å². The molecular weight excluding hydrogens is 262 g/mol. The van der Waals surface area contributed by atoms with Gasteiger partial charge in [0.2, 0.25) is 5.91 Å². The summed E-state index contributed by atoms with van der Waals surface area (Å²) in [6, 6.07) is 6.74. The fourth-order valence-electron chi connectivity index (χ4n) is 1.98. The number of thioether (sulfide) groups is 1. The van der Waals surface area contributed by atoms with Gasteiger partial charge in [-0.15, -0.1) is 11.8 Å². The Morgan fingerprint density at radius 1 is 1.26 bits per heavy atom. The van der Waals surface area contributed by atoms with Crippen LogP contribution in [0, 0.1) is 0 Å². The number of esters is 1. The SMILES string of the molecule is COC(=O)c1ccc(NC(=O)C2CCCCS2)cc1. The second-order valence-corrected chi connectivity index (χ2v) is 5.72. The maximum atomic E-state index is 12.0. The van der Waals surface area contributed by atoms with Crippen LogP contribution in [0.4, 0.5) is 5.69 Å². The largest absolute Gasteiger partial charge is 0.465 e. The van der Waals surface area contributed by atoms with Crippen LogP contribution in [-0.2, 0) is 9.53 Å². The molecule has 1 aromatic rings. The number of carbonyl (C=O) groups is 2. The van der Waals surface area contributed by atoms with Crippen molar-refractivity contribution in [3.05, 3.63) is 29.8 Å². The third kappa shape index (κ3) is 3.73. The molecule has 1 aliphatic heterocycles. The summed E-state index contributed by atoms with van der Waals surface area (Å²) >= 11 is 1.72. The van der Waals surface area contributed by atoms with Gasteiger partial charge in [-0.05, 0) is 42.9 Å². The Labute approximate surface area is 116 Å². The van der Waals surface area contributed by atoms with Crippen molar-refractivity contribution in [2.24, 2.45) is 0 Å². The lowest BCUT2D eigenvalue weighted by molar-refractivity contribution is -0.115. The number of hydrogen-bond acceptors (Lipinski definition) is 4. The number of anilines is 1. The summed E-state index contributed by atoms with van der Waals surface area (Å²) in [5.41, 5.74) is 1.19. The molecule has 1 aliphatic rings. The van der Waals surface area contributed by atoms with E-state index in [1.165, 1.54) is 13.5 Å². The standard InChI is InChI=1S/C14H17NO3S/c1-18-14(17)10-5-7-11(8-6-10)15-13(16)12-4-2-3-9-19-12/h5-8,12H,2-4,9H2,1H3,(H,15,16). The van der Waals surface area contributed by atoms with Crippen molar-refractivity contribution < 1.29 is 14.3 Å². The first-order valence-electron chi connectivity index (χ1n) is 6.31. The van der Waals surface area contributed by atoms with Crippen LogP contribution in [0.25, 0.3) is 0 Å². The molecule has 0 spiro atoms. The van der Waals surface area contributed by atoms with E-state index >= 15 is 0 Å². The molecule has 0 radical (unpaired) electrons. The van der Waals surface area contributed by atoms with Crippen LogP contribution >= 0.6 is 11.8 Å². The molecule has 1 aromatic carbocycles. The van der Waals surface area contributed by atoms with Crippen molar-refractivity contribution in [2.45, 2.75) is 24.5 Å². The summed E-state index contributed by atoms with van der Waals surface area (Å²) < 4.78 is 4.62. The fourth-order valence-corrected chi connectivity index (χ4v) is 3.18. The van der Waals surface area contributed by atoms with Crippen LogP contribution in [0.1, 0.15) is 29.6 Å². The van der Waals surface area contributed by atoms with Gasteiger partial charge in [-0.3, -0.25) is 4.79 Å². The van der Waals surface area contributed by atoms with Gasteiger partial charge >= 0.3 is 5.97 Å². The van der Waals surface area contributed by atoms with Gasteiger partial charge in [0, 0.05) is 5.69 Å². The lowest BCUT2D eigenvalue weighted by Crippen LogP contribution is -2.27. The predicted molar refractivity (Wildman–Crippen MR) is 76.5 cm³/mol. The highest BCUT2D eigenvalue weighted by atomic mass is 32.2. The summed E-state index contributed by atoms with van der Waals surface area (Å²) in [5.74, 6) is 0.732. The van der Waals surface area contributed by atoms with E-state index in [9.17, 15) is 9.59 Å². The lowest BCUT2D eigenvalue weighted by Gasteiger charge is -2.20.